The van der Waals surface area contributed by atoms with Gasteiger partial charge in [0, 0.05) is 0 Å². The van der Waals surface area contributed by atoms with Crippen molar-refractivity contribution in [1.82, 2.24) is 0 Å². The fraction of sp³-hybridized carbons (Fsp3) is 1.00. The summed E-state index contributed by atoms with van der Waals surface area (Å²) in [4.78, 5) is 0. The molecule has 0 saturated heterocycles. The van der Waals surface area contributed by atoms with Crippen LogP contribution in [0.2, 0.25) is 15.8 Å². The standard InChI is InChI=1S/C54H111Ge/c1-4-7-10-13-16-19-22-25-28-31-34-37-40-43-46-49-52-55(53-50-47-44-41-38-35-32-29-26-23-20-17-14-11-8-5-2)54-51-48-45-42-39-36-33-30-27-24-21-18-15-12-9-6-3/h4-54H2,1-3H3. The van der Waals surface area contributed by atoms with Gasteiger partial charge in [0.2, 0.25) is 0 Å². The molecule has 0 aliphatic rings. The molecule has 331 valence electrons. The Morgan fingerprint density at radius 1 is 0.145 bits per heavy atom. The first kappa shape index (κ1) is 55.5. The van der Waals surface area contributed by atoms with E-state index in [1.54, 1.807) is 54.3 Å². The molecule has 0 nitrogen and oxygen atoms in total. The molecule has 0 fully saturated rings. The third-order valence-electron chi connectivity index (χ3n) is 13.2. The van der Waals surface area contributed by atoms with Gasteiger partial charge in [-0.2, -0.15) is 0 Å². The van der Waals surface area contributed by atoms with Crippen LogP contribution in [0.3, 0.4) is 0 Å². The quantitative estimate of drug-likeness (QED) is 0.0423. The molecule has 0 atom stereocenters. The van der Waals surface area contributed by atoms with Crippen LogP contribution in [-0.4, -0.2) is 14.3 Å². The van der Waals surface area contributed by atoms with E-state index in [4.69, 9.17) is 0 Å². The molecule has 0 aliphatic heterocycles. The van der Waals surface area contributed by atoms with Crippen molar-refractivity contribution in [2.75, 3.05) is 0 Å². The van der Waals surface area contributed by atoms with Crippen molar-refractivity contribution < 1.29 is 0 Å². The minimum Gasteiger partial charge on any atom is -0.0654 e. The van der Waals surface area contributed by atoms with E-state index >= 15 is 0 Å². The summed E-state index contributed by atoms with van der Waals surface area (Å²) in [7, 11) is 0. The number of rotatable bonds is 51. The average molecular weight is 833 g/mol. The van der Waals surface area contributed by atoms with Gasteiger partial charge in [-0.05, 0) is 0 Å². The first-order valence-corrected chi connectivity index (χ1v) is 31.6. The fourth-order valence-corrected chi connectivity index (χ4v) is 15.4. The normalized spacial score (nSPS) is 11.8. The van der Waals surface area contributed by atoms with Gasteiger partial charge in [-0.25, -0.2) is 0 Å². The Bertz CT molecular complexity index is 543. The van der Waals surface area contributed by atoms with Crippen molar-refractivity contribution in [3.8, 4) is 0 Å². The van der Waals surface area contributed by atoms with Gasteiger partial charge in [-0.1, -0.05) is 117 Å². The molecule has 0 aromatic heterocycles. The fourth-order valence-electron chi connectivity index (χ4n) is 9.14. The molecule has 1 radical (unpaired) electrons. The molecule has 0 amide bonds. The van der Waals surface area contributed by atoms with E-state index in [0.717, 1.165) is 0 Å². The summed E-state index contributed by atoms with van der Waals surface area (Å²) in [6.45, 7) is 6.97. The number of hydrogen-bond acceptors (Lipinski definition) is 0. The molecule has 0 aromatic rings. The zero-order valence-electron chi connectivity index (χ0n) is 39.6. The zero-order chi connectivity index (χ0) is 39.6. The van der Waals surface area contributed by atoms with Crippen molar-refractivity contribution >= 4 is 14.3 Å². The Morgan fingerprint density at radius 3 is 0.382 bits per heavy atom. The first-order valence-electron chi connectivity index (χ1n) is 27.2. The topological polar surface area (TPSA) is 0 Å². The van der Waals surface area contributed by atoms with Gasteiger partial charge in [0.1, 0.15) is 0 Å². The summed E-state index contributed by atoms with van der Waals surface area (Å²) >= 11 is -0.822. The van der Waals surface area contributed by atoms with Crippen LogP contribution in [0.5, 0.6) is 0 Å². The summed E-state index contributed by atoms with van der Waals surface area (Å²) in [6, 6.07) is 0. The van der Waals surface area contributed by atoms with E-state index < -0.39 is 14.3 Å². The maximum absolute atomic E-state index is 2.32. The van der Waals surface area contributed by atoms with Crippen LogP contribution in [0.15, 0.2) is 0 Å². The van der Waals surface area contributed by atoms with E-state index in [9.17, 15) is 0 Å². The molecular weight excluding hydrogens is 721 g/mol. The van der Waals surface area contributed by atoms with E-state index in [1.807, 2.05) is 0 Å². The van der Waals surface area contributed by atoms with Crippen LogP contribution in [0, 0.1) is 0 Å². The number of unbranched alkanes of at least 4 members (excludes halogenated alkanes) is 45. The molecule has 0 unspecified atom stereocenters. The Kier molecular flexibility index (Phi) is 53.1. The van der Waals surface area contributed by atoms with Crippen molar-refractivity contribution in [3.63, 3.8) is 0 Å². The Balaban J connectivity index is 3.94. The average Bonchev–Trinajstić information content (AvgIpc) is 3.20. The van der Waals surface area contributed by atoms with Gasteiger partial charge in [-0.3, -0.25) is 0 Å². The summed E-state index contributed by atoms with van der Waals surface area (Å²) in [6.07, 6.45) is 71.9. The van der Waals surface area contributed by atoms with Crippen molar-refractivity contribution in [1.29, 1.82) is 0 Å². The van der Waals surface area contributed by atoms with Crippen LogP contribution in [0.4, 0.5) is 0 Å². The van der Waals surface area contributed by atoms with Crippen LogP contribution < -0.4 is 0 Å². The van der Waals surface area contributed by atoms with Gasteiger partial charge in [0.15, 0.2) is 0 Å². The van der Waals surface area contributed by atoms with Gasteiger partial charge >= 0.3 is 242 Å². The van der Waals surface area contributed by atoms with E-state index in [0.29, 0.717) is 0 Å². The molecule has 0 aromatic carbocycles. The third kappa shape index (κ3) is 50.6. The molecule has 55 heavy (non-hydrogen) atoms. The van der Waals surface area contributed by atoms with E-state index in [-0.39, 0.29) is 0 Å². The SMILES string of the molecule is CCCCCCCCCCCCCCCCC[CH2][Ge]([CH2]CCCCCCCCCCCCCCCCC)[CH2]CCCCCCCCCCCCCCCCC. The summed E-state index contributed by atoms with van der Waals surface area (Å²) in [5.41, 5.74) is 0. The number of hydrogen-bond donors (Lipinski definition) is 0. The zero-order valence-corrected chi connectivity index (χ0v) is 41.7. The van der Waals surface area contributed by atoms with Crippen molar-refractivity contribution in [3.05, 3.63) is 0 Å². The summed E-state index contributed by atoms with van der Waals surface area (Å²) < 4.78 is 0. The summed E-state index contributed by atoms with van der Waals surface area (Å²) in [5.74, 6) is 0. The predicted molar refractivity (Wildman–Crippen MR) is 259 cm³/mol. The molecule has 1 heteroatoms. The van der Waals surface area contributed by atoms with E-state index in [2.05, 4.69) is 20.8 Å². The second-order valence-electron chi connectivity index (χ2n) is 18.9. The molecular formula is C54H111Ge. The van der Waals surface area contributed by atoms with Crippen LogP contribution in [0.25, 0.3) is 0 Å². The molecule has 0 bridgehead atoms. The predicted octanol–water partition coefficient (Wildman–Crippen LogP) is 21.3. The molecule has 0 heterocycles. The van der Waals surface area contributed by atoms with Gasteiger partial charge in [0.25, 0.3) is 0 Å². The van der Waals surface area contributed by atoms with Crippen LogP contribution in [0.1, 0.15) is 329 Å². The second kappa shape index (κ2) is 52.6. The first-order chi connectivity index (χ1) is 27.3. The summed E-state index contributed by atoms with van der Waals surface area (Å²) in [5, 5.41) is 5.11. The van der Waals surface area contributed by atoms with E-state index in [1.165, 1.54) is 270 Å². The second-order valence-corrected chi connectivity index (χ2v) is 25.2. The smallest absolute Gasteiger partial charge is 0.0654 e. The third-order valence-corrected chi connectivity index (χ3v) is 19.8. The Morgan fingerprint density at radius 2 is 0.255 bits per heavy atom. The monoisotopic (exact) mass is 834 g/mol. The molecule has 0 spiro atoms. The van der Waals surface area contributed by atoms with Crippen molar-refractivity contribution in [2.24, 2.45) is 0 Å². The van der Waals surface area contributed by atoms with Crippen LogP contribution in [-0.2, 0) is 0 Å². The Labute approximate surface area is 357 Å². The molecule has 0 saturated carbocycles. The Hall–Kier alpha value is 0.543. The molecule has 0 N–H and O–H groups in total. The van der Waals surface area contributed by atoms with Crippen molar-refractivity contribution in [2.45, 2.75) is 345 Å². The van der Waals surface area contributed by atoms with Gasteiger partial charge in [0.05, 0.1) is 0 Å². The van der Waals surface area contributed by atoms with Crippen LogP contribution >= 0.6 is 0 Å². The molecule has 0 aliphatic carbocycles. The van der Waals surface area contributed by atoms with Gasteiger partial charge in [-0.15, -0.1) is 0 Å². The minimum atomic E-state index is -0.822. The molecule has 0 rings (SSSR count). The van der Waals surface area contributed by atoms with Gasteiger partial charge < -0.3 is 0 Å². The minimum absolute atomic E-state index is 0.822. The maximum atomic E-state index is 2.32.